The number of methoxy groups -OCH3 is 1. The minimum absolute atomic E-state index is 0.415. The van der Waals surface area contributed by atoms with Gasteiger partial charge in [-0.05, 0) is 38.1 Å². The topological polar surface area (TPSA) is 74.2 Å². The second-order valence-electron chi connectivity index (χ2n) is 4.04. The van der Waals surface area contributed by atoms with Crippen molar-refractivity contribution < 1.29 is 9.53 Å². The summed E-state index contributed by atoms with van der Waals surface area (Å²) in [6.07, 6.45) is 0. The lowest BCUT2D eigenvalue weighted by Gasteiger charge is -2.17. The lowest BCUT2D eigenvalue weighted by molar-refractivity contribution is 0.246. The van der Waals surface area contributed by atoms with Gasteiger partial charge in [-0.25, -0.2) is 4.79 Å². The van der Waals surface area contributed by atoms with E-state index in [0.29, 0.717) is 11.4 Å². The number of hydrogen-bond donors (Lipinski definition) is 2. The number of benzene rings is 1. The van der Waals surface area contributed by atoms with Gasteiger partial charge in [-0.15, -0.1) is 0 Å². The molecule has 0 unspecified atom stereocenters. The summed E-state index contributed by atoms with van der Waals surface area (Å²) in [5.41, 5.74) is -0.256. The van der Waals surface area contributed by atoms with Crippen molar-refractivity contribution in [2.24, 2.45) is 0 Å². The molecule has 0 radical (unpaired) electrons. The van der Waals surface area contributed by atoms with Crippen LogP contribution in [0.4, 0.5) is 10.5 Å². The zero-order valence-electron chi connectivity index (χ0n) is 10.1. The molecule has 0 aromatic heterocycles. The highest BCUT2D eigenvalue weighted by Crippen LogP contribution is 2.14. The molecule has 0 saturated carbocycles. The monoisotopic (exact) mass is 233 g/mol. The summed E-state index contributed by atoms with van der Waals surface area (Å²) in [5.74, 6) is 0.716. The van der Waals surface area contributed by atoms with Gasteiger partial charge in [0.05, 0.1) is 13.2 Å². The number of nitrogens with zero attached hydrogens (tertiary/aromatic N) is 1. The highest BCUT2D eigenvalue weighted by atomic mass is 16.5. The quantitative estimate of drug-likeness (QED) is 0.839. The summed E-state index contributed by atoms with van der Waals surface area (Å²) in [4.78, 5) is 11.5. The molecule has 1 aromatic carbocycles. The molecular formula is C12H15N3O2. The number of carbonyl (C=O) groups excluding carboxylic acids is 1. The van der Waals surface area contributed by atoms with E-state index in [1.54, 1.807) is 45.2 Å². The van der Waals surface area contributed by atoms with Gasteiger partial charge < -0.3 is 15.4 Å². The maximum absolute atomic E-state index is 11.5. The molecule has 5 heteroatoms. The lowest BCUT2D eigenvalue weighted by atomic mass is 10.1. The molecule has 90 valence electrons. The summed E-state index contributed by atoms with van der Waals surface area (Å²) in [6.45, 7) is 3.25. The van der Waals surface area contributed by atoms with Gasteiger partial charge in [-0.2, -0.15) is 5.26 Å². The summed E-state index contributed by atoms with van der Waals surface area (Å²) < 4.78 is 5.00. The van der Waals surface area contributed by atoms with Crippen molar-refractivity contribution >= 4 is 11.7 Å². The third-order valence-electron chi connectivity index (χ3n) is 2.05. The fourth-order valence-electron chi connectivity index (χ4n) is 1.15. The molecule has 0 fully saturated rings. The van der Waals surface area contributed by atoms with Crippen molar-refractivity contribution in [3.8, 4) is 11.8 Å². The Morgan fingerprint density at radius 1 is 1.35 bits per heavy atom. The zero-order chi connectivity index (χ0) is 12.9. The molecule has 0 aliphatic rings. The maximum Gasteiger partial charge on any atom is 0.320 e. The number of rotatable bonds is 3. The molecule has 0 aliphatic carbocycles. The Morgan fingerprint density at radius 2 is 1.94 bits per heavy atom. The average Bonchev–Trinajstić information content (AvgIpc) is 2.29. The molecule has 1 aromatic rings. The smallest absolute Gasteiger partial charge is 0.320 e. The molecule has 0 atom stereocenters. The number of nitriles is 1. The van der Waals surface area contributed by atoms with Crippen LogP contribution in [0.3, 0.4) is 0 Å². The van der Waals surface area contributed by atoms with Crippen molar-refractivity contribution in [2.75, 3.05) is 12.4 Å². The Kier molecular flexibility index (Phi) is 3.94. The van der Waals surface area contributed by atoms with Crippen LogP contribution in [-0.4, -0.2) is 18.7 Å². The van der Waals surface area contributed by atoms with Crippen molar-refractivity contribution in [1.82, 2.24) is 5.32 Å². The highest BCUT2D eigenvalue weighted by Gasteiger charge is 2.18. The van der Waals surface area contributed by atoms with E-state index in [1.807, 2.05) is 6.07 Å². The predicted molar refractivity (Wildman–Crippen MR) is 64.8 cm³/mol. The molecule has 0 bridgehead atoms. The van der Waals surface area contributed by atoms with E-state index in [4.69, 9.17) is 10.00 Å². The number of urea groups is 1. The second kappa shape index (κ2) is 5.21. The summed E-state index contributed by atoms with van der Waals surface area (Å²) in [5, 5.41) is 13.9. The van der Waals surface area contributed by atoms with Gasteiger partial charge in [-0.1, -0.05) is 0 Å². The Labute approximate surface area is 100 Å². The summed E-state index contributed by atoms with van der Waals surface area (Å²) >= 11 is 0. The standard InChI is InChI=1S/C12H15N3O2/c1-12(2,8-13)15-11(16)14-9-4-6-10(17-3)7-5-9/h4-7H,1-3H3,(H2,14,15,16). The first-order valence-corrected chi connectivity index (χ1v) is 5.11. The van der Waals surface area contributed by atoms with Crippen LogP contribution in [0.15, 0.2) is 24.3 Å². The predicted octanol–water partition coefficient (Wildman–Crippen LogP) is 2.12. The van der Waals surface area contributed by atoms with Gasteiger partial charge in [0.25, 0.3) is 0 Å². The van der Waals surface area contributed by atoms with Gasteiger partial charge in [0.1, 0.15) is 11.3 Å². The first kappa shape index (κ1) is 12.8. The van der Waals surface area contributed by atoms with Crippen LogP contribution in [0, 0.1) is 11.3 Å². The molecule has 2 N–H and O–H groups in total. The molecule has 0 aliphatic heterocycles. The van der Waals surface area contributed by atoms with Crippen LogP contribution in [0.1, 0.15) is 13.8 Å². The molecule has 2 amide bonds. The molecule has 0 heterocycles. The van der Waals surface area contributed by atoms with Crippen molar-refractivity contribution in [2.45, 2.75) is 19.4 Å². The van der Waals surface area contributed by atoms with Crippen molar-refractivity contribution in [3.63, 3.8) is 0 Å². The van der Waals surface area contributed by atoms with Crippen LogP contribution < -0.4 is 15.4 Å². The van der Waals surface area contributed by atoms with E-state index >= 15 is 0 Å². The van der Waals surface area contributed by atoms with Gasteiger partial charge in [0.15, 0.2) is 0 Å². The number of hydrogen-bond acceptors (Lipinski definition) is 3. The van der Waals surface area contributed by atoms with Crippen LogP contribution in [0.5, 0.6) is 5.75 Å². The first-order valence-electron chi connectivity index (χ1n) is 5.11. The molecule has 0 saturated heterocycles. The molecule has 17 heavy (non-hydrogen) atoms. The van der Waals surface area contributed by atoms with E-state index < -0.39 is 11.6 Å². The van der Waals surface area contributed by atoms with Crippen LogP contribution in [-0.2, 0) is 0 Å². The van der Waals surface area contributed by atoms with E-state index in [-0.39, 0.29) is 0 Å². The number of ether oxygens (including phenoxy) is 1. The van der Waals surface area contributed by atoms with E-state index in [9.17, 15) is 4.79 Å². The summed E-state index contributed by atoms with van der Waals surface area (Å²) in [7, 11) is 1.57. The SMILES string of the molecule is COc1ccc(NC(=O)NC(C)(C)C#N)cc1. The lowest BCUT2D eigenvalue weighted by Crippen LogP contribution is -2.44. The van der Waals surface area contributed by atoms with Crippen molar-refractivity contribution in [1.29, 1.82) is 5.26 Å². The number of anilines is 1. The zero-order valence-corrected chi connectivity index (χ0v) is 10.1. The maximum atomic E-state index is 11.5. The molecule has 1 rings (SSSR count). The fraction of sp³-hybridized carbons (Fsp3) is 0.333. The average molecular weight is 233 g/mol. The Balaban J connectivity index is 2.60. The number of carbonyl (C=O) groups is 1. The largest absolute Gasteiger partial charge is 0.497 e. The van der Waals surface area contributed by atoms with Crippen LogP contribution >= 0.6 is 0 Å². The van der Waals surface area contributed by atoms with Gasteiger partial charge in [0.2, 0.25) is 0 Å². The summed E-state index contributed by atoms with van der Waals surface area (Å²) in [6, 6.07) is 8.49. The van der Waals surface area contributed by atoms with Crippen molar-refractivity contribution in [3.05, 3.63) is 24.3 Å². The molecule has 0 spiro atoms. The number of amides is 2. The second-order valence-corrected chi connectivity index (χ2v) is 4.04. The van der Waals surface area contributed by atoms with E-state index in [1.165, 1.54) is 0 Å². The molecular weight excluding hydrogens is 218 g/mol. The highest BCUT2D eigenvalue weighted by molar-refractivity contribution is 5.90. The van der Waals surface area contributed by atoms with E-state index in [0.717, 1.165) is 0 Å². The first-order chi connectivity index (χ1) is 7.96. The number of nitrogens with one attached hydrogen (secondary N) is 2. The minimum atomic E-state index is -0.892. The third kappa shape index (κ3) is 4.03. The minimum Gasteiger partial charge on any atom is -0.497 e. The Hall–Kier alpha value is -2.22. The third-order valence-corrected chi connectivity index (χ3v) is 2.05. The Morgan fingerprint density at radius 3 is 2.41 bits per heavy atom. The van der Waals surface area contributed by atoms with Gasteiger partial charge >= 0.3 is 6.03 Å². The van der Waals surface area contributed by atoms with Gasteiger partial charge in [0, 0.05) is 5.69 Å². The normalized spacial score (nSPS) is 10.2. The van der Waals surface area contributed by atoms with Crippen LogP contribution in [0.25, 0.3) is 0 Å². The van der Waals surface area contributed by atoms with E-state index in [2.05, 4.69) is 10.6 Å². The van der Waals surface area contributed by atoms with Gasteiger partial charge in [-0.3, -0.25) is 0 Å². The fourth-order valence-corrected chi connectivity index (χ4v) is 1.15. The Bertz CT molecular complexity index is 432. The van der Waals surface area contributed by atoms with Crippen LogP contribution in [0.2, 0.25) is 0 Å². The molecule has 5 nitrogen and oxygen atoms in total.